The smallest absolute Gasteiger partial charge is 0.269 e. The van der Waals surface area contributed by atoms with Crippen LogP contribution in [0.1, 0.15) is 23.3 Å². The summed E-state index contributed by atoms with van der Waals surface area (Å²) >= 11 is 0. The number of aromatic nitrogens is 1. The van der Waals surface area contributed by atoms with Crippen molar-refractivity contribution in [3.05, 3.63) is 24.0 Å². The number of carbonyl (C=O) groups is 1. The topological polar surface area (TPSA) is 57.3 Å². The zero-order chi connectivity index (χ0) is 12.5. The minimum absolute atomic E-state index is 0.136. The van der Waals surface area contributed by atoms with Gasteiger partial charge in [-0.3, -0.25) is 4.79 Å². The van der Waals surface area contributed by atoms with Crippen molar-refractivity contribution < 1.29 is 4.79 Å². The molecule has 2 heterocycles. The van der Waals surface area contributed by atoms with Crippen LogP contribution in [0.5, 0.6) is 0 Å². The third kappa shape index (κ3) is 1.84. The summed E-state index contributed by atoms with van der Waals surface area (Å²) in [5.41, 5.74) is 1.60. The lowest BCUT2D eigenvalue weighted by atomic mass is 9.83. The predicted octanol–water partition coefficient (Wildman–Crippen LogP) is 0.382. The molecule has 2 atom stereocenters. The van der Waals surface area contributed by atoms with Crippen LogP contribution in [0, 0.1) is 0 Å². The van der Waals surface area contributed by atoms with Crippen LogP contribution < -0.4 is 15.5 Å². The Morgan fingerprint density at radius 2 is 2.39 bits per heavy atom. The molecule has 1 aliphatic carbocycles. The molecular weight excluding hydrogens is 228 g/mol. The van der Waals surface area contributed by atoms with Crippen LogP contribution in [0.25, 0.3) is 0 Å². The van der Waals surface area contributed by atoms with E-state index < -0.39 is 0 Å². The summed E-state index contributed by atoms with van der Waals surface area (Å²) in [7, 11) is 1.62. The Morgan fingerprint density at radius 3 is 3.00 bits per heavy atom. The van der Waals surface area contributed by atoms with Gasteiger partial charge in [-0.2, -0.15) is 0 Å². The van der Waals surface area contributed by atoms with Gasteiger partial charge in [0.05, 0.1) is 11.9 Å². The molecule has 0 unspecified atom stereocenters. The lowest BCUT2D eigenvalue weighted by Gasteiger charge is -2.49. The first-order chi connectivity index (χ1) is 8.79. The highest BCUT2D eigenvalue weighted by atomic mass is 16.1. The minimum Gasteiger partial charge on any atom is -0.364 e. The summed E-state index contributed by atoms with van der Waals surface area (Å²) in [6, 6.07) is 5.03. The number of pyridine rings is 1. The molecule has 96 valence electrons. The van der Waals surface area contributed by atoms with E-state index in [-0.39, 0.29) is 5.91 Å². The molecule has 2 aliphatic rings. The third-order valence-corrected chi connectivity index (χ3v) is 3.94. The first kappa shape index (κ1) is 11.5. The van der Waals surface area contributed by atoms with Crippen LogP contribution in [-0.2, 0) is 0 Å². The number of rotatable bonds is 2. The van der Waals surface area contributed by atoms with Crippen LogP contribution in [0.2, 0.25) is 0 Å². The Bertz CT molecular complexity index is 445. The molecule has 0 radical (unpaired) electrons. The van der Waals surface area contributed by atoms with Gasteiger partial charge < -0.3 is 15.5 Å². The quantitative estimate of drug-likeness (QED) is 0.792. The molecule has 2 fully saturated rings. The normalized spacial score (nSPS) is 26.2. The second-order valence-corrected chi connectivity index (χ2v) is 4.88. The lowest BCUT2D eigenvalue weighted by molar-refractivity contribution is 0.0958. The molecule has 1 aromatic rings. The summed E-state index contributed by atoms with van der Waals surface area (Å²) in [6.45, 7) is 2.04. The molecule has 18 heavy (non-hydrogen) atoms. The summed E-state index contributed by atoms with van der Waals surface area (Å²) in [4.78, 5) is 18.1. The number of amides is 1. The SMILES string of the molecule is CNC(=O)c1ccc(N2CCN[C@@H]3CC[C@@H]32)cn1. The molecule has 1 aliphatic heterocycles. The van der Waals surface area contributed by atoms with Gasteiger partial charge in [0.2, 0.25) is 0 Å². The number of hydrogen-bond acceptors (Lipinski definition) is 4. The maximum absolute atomic E-state index is 11.4. The van der Waals surface area contributed by atoms with Crippen molar-refractivity contribution in [3.8, 4) is 0 Å². The van der Waals surface area contributed by atoms with E-state index >= 15 is 0 Å². The van der Waals surface area contributed by atoms with Crippen molar-refractivity contribution in [1.82, 2.24) is 15.6 Å². The largest absolute Gasteiger partial charge is 0.364 e. The highest BCUT2D eigenvalue weighted by molar-refractivity contribution is 5.92. The molecule has 5 nitrogen and oxygen atoms in total. The highest BCUT2D eigenvalue weighted by Gasteiger charge is 2.38. The lowest BCUT2D eigenvalue weighted by Crippen LogP contribution is -2.63. The number of piperazine rings is 1. The second kappa shape index (κ2) is 4.57. The molecule has 1 amide bonds. The average molecular weight is 246 g/mol. The molecule has 2 N–H and O–H groups in total. The Hall–Kier alpha value is -1.62. The predicted molar refractivity (Wildman–Crippen MR) is 69.8 cm³/mol. The van der Waals surface area contributed by atoms with E-state index in [0.29, 0.717) is 17.8 Å². The van der Waals surface area contributed by atoms with Crippen LogP contribution in [-0.4, -0.2) is 43.1 Å². The van der Waals surface area contributed by atoms with Gasteiger partial charge in [-0.1, -0.05) is 0 Å². The Labute approximate surface area is 107 Å². The monoisotopic (exact) mass is 246 g/mol. The molecule has 0 spiro atoms. The first-order valence-electron chi connectivity index (χ1n) is 6.48. The van der Waals surface area contributed by atoms with Crippen molar-refractivity contribution >= 4 is 11.6 Å². The van der Waals surface area contributed by atoms with Gasteiger partial charge in [-0.05, 0) is 25.0 Å². The standard InChI is InChI=1S/C13H18N4O/c1-14-13(18)11-3-2-9(8-16-11)17-7-6-15-10-4-5-12(10)17/h2-3,8,10,12,15H,4-7H2,1H3,(H,14,18)/t10-,12+/m1/s1. The molecule has 1 saturated carbocycles. The number of fused-ring (bicyclic) bond motifs is 1. The van der Waals surface area contributed by atoms with Crippen molar-refractivity contribution in [2.75, 3.05) is 25.0 Å². The zero-order valence-electron chi connectivity index (χ0n) is 10.5. The summed E-state index contributed by atoms with van der Waals surface area (Å²) in [6.07, 6.45) is 4.32. The van der Waals surface area contributed by atoms with Crippen molar-refractivity contribution in [2.45, 2.75) is 24.9 Å². The molecule has 0 aromatic carbocycles. The third-order valence-electron chi connectivity index (χ3n) is 3.94. The Balaban J connectivity index is 1.78. The Kier molecular flexibility index (Phi) is 2.91. The van der Waals surface area contributed by atoms with Gasteiger partial charge in [0, 0.05) is 32.2 Å². The number of hydrogen-bond donors (Lipinski definition) is 2. The number of nitrogens with zero attached hydrogens (tertiary/aromatic N) is 2. The van der Waals surface area contributed by atoms with Gasteiger partial charge in [-0.25, -0.2) is 4.98 Å². The van der Waals surface area contributed by atoms with E-state index in [0.717, 1.165) is 18.8 Å². The fourth-order valence-electron chi connectivity index (χ4n) is 2.77. The van der Waals surface area contributed by atoms with E-state index in [1.54, 1.807) is 13.1 Å². The van der Waals surface area contributed by atoms with E-state index in [1.165, 1.54) is 12.8 Å². The number of anilines is 1. The van der Waals surface area contributed by atoms with Crippen LogP contribution in [0.4, 0.5) is 5.69 Å². The van der Waals surface area contributed by atoms with Crippen molar-refractivity contribution in [3.63, 3.8) is 0 Å². The van der Waals surface area contributed by atoms with E-state index in [4.69, 9.17) is 0 Å². The van der Waals surface area contributed by atoms with Crippen molar-refractivity contribution in [1.29, 1.82) is 0 Å². The molecule has 3 rings (SSSR count). The van der Waals surface area contributed by atoms with Crippen LogP contribution in [0.15, 0.2) is 18.3 Å². The van der Waals surface area contributed by atoms with Gasteiger partial charge >= 0.3 is 0 Å². The highest BCUT2D eigenvalue weighted by Crippen LogP contribution is 2.31. The minimum atomic E-state index is -0.136. The van der Waals surface area contributed by atoms with Gasteiger partial charge in [0.1, 0.15) is 5.69 Å². The number of nitrogens with one attached hydrogen (secondary N) is 2. The van der Waals surface area contributed by atoms with E-state index in [9.17, 15) is 4.79 Å². The van der Waals surface area contributed by atoms with Gasteiger partial charge in [0.25, 0.3) is 5.91 Å². The summed E-state index contributed by atoms with van der Waals surface area (Å²) in [5.74, 6) is -0.136. The molecule has 1 aromatic heterocycles. The van der Waals surface area contributed by atoms with E-state index in [2.05, 4.69) is 20.5 Å². The molecular formula is C13H18N4O. The summed E-state index contributed by atoms with van der Waals surface area (Å²) < 4.78 is 0. The fourth-order valence-corrected chi connectivity index (χ4v) is 2.77. The molecule has 1 saturated heterocycles. The Morgan fingerprint density at radius 1 is 1.50 bits per heavy atom. The molecule has 5 heteroatoms. The zero-order valence-corrected chi connectivity index (χ0v) is 10.5. The van der Waals surface area contributed by atoms with E-state index in [1.807, 2.05) is 12.3 Å². The van der Waals surface area contributed by atoms with Crippen LogP contribution in [0.3, 0.4) is 0 Å². The number of carbonyl (C=O) groups excluding carboxylic acids is 1. The summed E-state index contributed by atoms with van der Waals surface area (Å²) in [5, 5.41) is 6.11. The maximum Gasteiger partial charge on any atom is 0.269 e. The van der Waals surface area contributed by atoms with Crippen LogP contribution >= 0.6 is 0 Å². The first-order valence-corrected chi connectivity index (χ1v) is 6.48. The molecule has 0 bridgehead atoms. The van der Waals surface area contributed by atoms with Gasteiger partial charge in [-0.15, -0.1) is 0 Å². The average Bonchev–Trinajstić information content (AvgIpc) is 2.39. The fraction of sp³-hybridized carbons (Fsp3) is 0.538. The van der Waals surface area contributed by atoms with Gasteiger partial charge in [0.15, 0.2) is 0 Å². The van der Waals surface area contributed by atoms with Crippen molar-refractivity contribution in [2.24, 2.45) is 0 Å². The maximum atomic E-state index is 11.4. The second-order valence-electron chi connectivity index (χ2n) is 4.88.